The van der Waals surface area contributed by atoms with Crippen LogP contribution in [0.1, 0.15) is 36.1 Å². The summed E-state index contributed by atoms with van der Waals surface area (Å²) in [6.45, 7) is 9.19. The Morgan fingerprint density at radius 1 is 0.511 bits per heavy atom. The lowest BCUT2D eigenvalue weighted by atomic mass is 9.81. The molecule has 1 aromatic heterocycles. The molecular formula is C45H36N2. The van der Waals surface area contributed by atoms with Gasteiger partial charge >= 0.3 is 0 Å². The third-order valence-electron chi connectivity index (χ3n) is 10.3. The first-order valence-electron chi connectivity index (χ1n) is 16.5. The molecule has 8 aromatic rings. The summed E-state index contributed by atoms with van der Waals surface area (Å²) in [4.78, 5) is 2.46. The molecule has 0 aliphatic heterocycles. The minimum absolute atomic E-state index is 0.205. The van der Waals surface area contributed by atoms with Gasteiger partial charge in [0.05, 0.1) is 16.7 Å². The molecule has 2 heteroatoms. The van der Waals surface area contributed by atoms with Gasteiger partial charge in [0.25, 0.3) is 0 Å². The number of anilines is 3. The van der Waals surface area contributed by atoms with Crippen LogP contribution < -0.4 is 4.90 Å². The van der Waals surface area contributed by atoms with Crippen LogP contribution in [0.3, 0.4) is 0 Å². The third kappa shape index (κ3) is 4.04. The average Bonchev–Trinajstić information content (AvgIpc) is 3.55. The maximum absolute atomic E-state index is 2.48. The van der Waals surface area contributed by atoms with E-state index in [1.165, 1.54) is 83.0 Å². The first-order chi connectivity index (χ1) is 22.9. The van der Waals surface area contributed by atoms with E-state index in [4.69, 9.17) is 0 Å². The Bertz CT molecular complexity index is 2460. The maximum atomic E-state index is 2.48. The van der Waals surface area contributed by atoms with E-state index in [-0.39, 0.29) is 5.41 Å². The Kier molecular flexibility index (Phi) is 6.01. The second kappa shape index (κ2) is 10.2. The highest BCUT2D eigenvalue weighted by Crippen LogP contribution is 2.55. The van der Waals surface area contributed by atoms with Crippen LogP contribution in [0.2, 0.25) is 0 Å². The van der Waals surface area contributed by atoms with E-state index >= 15 is 0 Å². The van der Waals surface area contributed by atoms with Crippen molar-refractivity contribution < 1.29 is 0 Å². The quantitative estimate of drug-likeness (QED) is 0.194. The Labute approximate surface area is 276 Å². The Morgan fingerprint density at radius 3 is 1.81 bits per heavy atom. The lowest BCUT2D eigenvalue weighted by Crippen LogP contribution is -2.17. The number of fused-ring (bicyclic) bond motifs is 8. The van der Waals surface area contributed by atoms with Gasteiger partial charge in [0, 0.05) is 38.6 Å². The van der Waals surface area contributed by atoms with E-state index in [2.05, 4.69) is 183 Å². The lowest BCUT2D eigenvalue weighted by molar-refractivity contribution is 0.660. The van der Waals surface area contributed by atoms with E-state index in [9.17, 15) is 0 Å². The van der Waals surface area contributed by atoms with E-state index in [0.717, 1.165) is 5.69 Å². The molecule has 1 aliphatic carbocycles. The van der Waals surface area contributed by atoms with Gasteiger partial charge < -0.3 is 9.47 Å². The van der Waals surface area contributed by atoms with Crippen molar-refractivity contribution in [2.75, 3.05) is 4.90 Å². The standard InChI is InChI=1S/C45H36N2/c1-29-22-25-40(30(2)26-29)46(31-14-6-5-7-15-31)43-28-39-44(36-19-9-8-18-35(36)43)37-24-23-32(27-38(37)45(39,3)4)47-41-20-12-10-16-33(41)34-17-11-13-21-42(34)47/h5-28H,1-4H3. The number of rotatable bonds is 4. The van der Waals surface area contributed by atoms with Crippen LogP contribution in [0.25, 0.3) is 49.4 Å². The van der Waals surface area contributed by atoms with Gasteiger partial charge in [-0.2, -0.15) is 0 Å². The predicted octanol–water partition coefficient (Wildman–Crippen LogP) is 12.3. The van der Waals surface area contributed by atoms with Crippen LogP contribution in [0, 0.1) is 13.8 Å². The van der Waals surface area contributed by atoms with Crippen LogP contribution >= 0.6 is 0 Å². The molecule has 9 rings (SSSR count). The summed E-state index contributed by atoms with van der Waals surface area (Å²) in [5.41, 5.74) is 15.0. The molecule has 0 unspecified atom stereocenters. The fourth-order valence-corrected chi connectivity index (χ4v) is 8.12. The second-order valence-electron chi connectivity index (χ2n) is 13.5. The number of hydrogen-bond donors (Lipinski definition) is 0. The van der Waals surface area contributed by atoms with Crippen LogP contribution in [-0.4, -0.2) is 4.57 Å². The van der Waals surface area contributed by atoms with Gasteiger partial charge in [0.1, 0.15) is 0 Å². The number of aryl methyl sites for hydroxylation is 2. The molecule has 7 aromatic carbocycles. The molecule has 0 N–H and O–H groups in total. The summed E-state index contributed by atoms with van der Waals surface area (Å²) in [6, 6.07) is 53.7. The summed E-state index contributed by atoms with van der Waals surface area (Å²) in [5, 5.41) is 5.12. The molecule has 0 radical (unpaired) electrons. The van der Waals surface area contributed by atoms with E-state index < -0.39 is 0 Å². The van der Waals surface area contributed by atoms with Crippen molar-refractivity contribution in [2.24, 2.45) is 0 Å². The SMILES string of the molecule is Cc1ccc(N(c2ccccc2)c2cc3c(c4ccccc24)-c2ccc(-n4c5ccccc5c5ccccc54)cc2C3(C)C)c(C)c1. The molecule has 1 aliphatic rings. The van der Waals surface area contributed by atoms with Crippen LogP contribution in [0.15, 0.2) is 146 Å². The van der Waals surface area contributed by atoms with Gasteiger partial charge in [-0.05, 0) is 95.6 Å². The van der Waals surface area contributed by atoms with Crippen LogP contribution in [0.4, 0.5) is 17.1 Å². The number of para-hydroxylation sites is 3. The fraction of sp³-hybridized carbons (Fsp3) is 0.111. The Morgan fingerprint density at radius 2 is 1.13 bits per heavy atom. The van der Waals surface area contributed by atoms with E-state index in [0.29, 0.717) is 0 Å². The first-order valence-corrected chi connectivity index (χ1v) is 16.5. The maximum Gasteiger partial charge on any atom is 0.0543 e. The van der Waals surface area contributed by atoms with Crippen molar-refractivity contribution in [1.82, 2.24) is 4.57 Å². The van der Waals surface area contributed by atoms with Crippen molar-refractivity contribution in [2.45, 2.75) is 33.1 Å². The first kappa shape index (κ1) is 27.7. The highest BCUT2D eigenvalue weighted by molar-refractivity contribution is 6.11. The zero-order chi connectivity index (χ0) is 31.9. The molecule has 0 saturated carbocycles. The second-order valence-corrected chi connectivity index (χ2v) is 13.5. The van der Waals surface area contributed by atoms with Gasteiger partial charge in [0.2, 0.25) is 0 Å². The molecule has 47 heavy (non-hydrogen) atoms. The zero-order valence-corrected chi connectivity index (χ0v) is 27.3. The van der Waals surface area contributed by atoms with Gasteiger partial charge in [0.15, 0.2) is 0 Å². The van der Waals surface area contributed by atoms with Crippen molar-refractivity contribution in [3.05, 3.63) is 168 Å². The number of benzene rings is 7. The van der Waals surface area contributed by atoms with Crippen LogP contribution in [0.5, 0.6) is 0 Å². The predicted molar refractivity (Wildman–Crippen MR) is 200 cm³/mol. The van der Waals surface area contributed by atoms with Crippen molar-refractivity contribution >= 4 is 49.6 Å². The molecule has 0 amide bonds. The lowest BCUT2D eigenvalue weighted by Gasteiger charge is -2.31. The summed E-state index contributed by atoms with van der Waals surface area (Å²) < 4.78 is 2.44. The summed E-state index contributed by atoms with van der Waals surface area (Å²) in [6.07, 6.45) is 0. The number of hydrogen-bond acceptors (Lipinski definition) is 1. The zero-order valence-electron chi connectivity index (χ0n) is 27.3. The molecule has 0 bridgehead atoms. The monoisotopic (exact) mass is 604 g/mol. The average molecular weight is 605 g/mol. The fourth-order valence-electron chi connectivity index (χ4n) is 8.12. The summed E-state index contributed by atoms with van der Waals surface area (Å²) in [5.74, 6) is 0. The Hall–Kier alpha value is -5.60. The molecule has 0 atom stereocenters. The number of nitrogens with zero attached hydrogens (tertiary/aromatic N) is 2. The third-order valence-corrected chi connectivity index (χ3v) is 10.3. The molecule has 226 valence electrons. The van der Waals surface area contributed by atoms with E-state index in [1.54, 1.807) is 0 Å². The largest absolute Gasteiger partial charge is 0.310 e. The summed E-state index contributed by atoms with van der Waals surface area (Å²) in [7, 11) is 0. The molecule has 0 fully saturated rings. The molecule has 0 saturated heterocycles. The van der Waals surface area contributed by atoms with Crippen molar-refractivity contribution in [3.8, 4) is 16.8 Å². The molecule has 2 nitrogen and oxygen atoms in total. The van der Waals surface area contributed by atoms with Crippen molar-refractivity contribution in [3.63, 3.8) is 0 Å². The highest BCUT2D eigenvalue weighted by Gasteiger charge is 2.38. The smallest absolute Gasteiger partial charge is 0.0543 e. The molecule has 0 spiro atoms. The summed E-state index contributed by atoms with van der Waals surface area (Å²) >= 11 is 0. The van der Waals surface area contributed by atoms with Gasteiger partial charge in [-0.15, -0.1) is 0 Å². The normalized spacial score (nSPS) is 13.3. The van der Waals surface area contributed by atoms with E-state index in [1.807, 2.05) is 0 Å². The van der Waals surface area contributed by atoms with Crippen LogP contribution in [-0.2, 0) is 5.41 Å². The topological polar surface area (TPSA) is 8.17 Å². The van der Waals surface area contributed by atoms with Gasteiger partial charge in [-0.3, -0.25) is 0 Å². The minimum Gasteiger partial charge on any atom is -0.310 e. The molecule has 1 heterocycles. The van der Waals surface area contributed by atoms with Crippen molar-refractivity contribution in [1.29, 1.82) is 0 Å². The number of aromatic nitrogens is 1. The Balaban J connectivity index is 1.30. The highest BCUT2D eigenvalue weighted by atomic mass is 15.1. The minimum atomic E-state index is -0.205. The van der Waals surface area contributed by atoms with Gasteiger partial charge in [-0.1, -0.05) is 116 Å². The van der Waals surface area contributed by atoms with Gasteiger partial charge in [-0.25, -0.2) is 0 Å². The molecular weight excluding hydrogens is 569 g/mol.